The van der Waals surface area contributed by atoms with Crippen LogP contribution < -0.4 is 9.64 Å². The van der Waals surface area contributed by atoms with Gasteiger partial charge in [-0.05, 0) is 63.5 Å². The van der Waals surface area contributed by atoms with Crippen molar-refractivity contribution >= 4 is 60.1 Å². The lowest BCUT2D eigenvalue weighted by Crippen LogP contribution is -2.33. The average Bonchev–Trinajstić information content (AvgIpc) is 3.07. The van der Waals surface area contributed by atoms with Crippen molar-refractivity contribution in [3.63, 3.8) is 0 Å². The summed E-state index contributed by atoms with van der Waals surface area (Å²) in [6.07, 6.45) is 0.821. The van der Waals surface area contributed by atoms with E-state index in [1.54, 1.807) is 30.2 Å². The number of carbonyl (C=O) groups is 1. The molecule has 2 aromatic carbocycles. The van der Waals surface area contributed by atoms with Gasteiger partial charge in [-0.2, -0.15) is 0 Å². The maximum atomic E-state index is 13.4. The van der Waals surface area contributed by atoms with E-state index in [4.69, 9.17) is 21.3 Å². The first-order valence-electron chi connectivity index (χ1n) is 8.75. The summed E-state index contributed by atoms with van der Waals surface area (Å²) in [6, 6.07) is 11.0. The number of ether oxygens (including phenoxy) is 1. The van der Waals surface area contributed by atoms with E-state index in [0.717, 1.165) is 27.7 Å². The third kappa shape index (κ3) is 4.84. The molecule has 1 aromatic heterocycles. The minimum absolute atomic E-state index is 0.170. The van der Waals surface area contributed by atoms with Crippen molar-refractivity contribution in [2.45, 2.75) is 6.42 Å². The number of methoxy groups -OCH3 is 1. The lowest BCUT2D eigenvalue weighted by Gasteiger charge is -2.22. The van der Waals surface area contributed by atoms with Gasteiger partial charge in [-0.1, -0.05) is 38.9 Å². The molecule has 0 N–H and O–H groups in total. The van der Waals surface area contributed by atoms with Crippen molar-refractivity contribution in [3.8, 4) is 5.75 Å². The highest BCUT2D eigenvalue weighted by Gasteiger charge is 2.24. The van der Waals surface area contributed by atoms with Crippen LogP contribution in [0.15, 0.2) is 40.9 Å². The number of benzene rings is 2. The molecule has 0 unspecified atom stereocenters. The van der Waals surface area contributed by atoms with Crippen molar-refractivity contribution in [3.05, 3.63) is 51.5 Å². The highest BCUT2D eigenvalue weighted by molar-refractivity contribution is 9.10. The second-order valence-electron chi connectivity index (χ2n) is 6.57. The zero-order chi connectivity index (χ0) is 20.3. The normalized spacial score (nSPS) is 11.2. The van der Waals surface area contributed by atoms with Gasteiger partial charge in [0.2, 0.25) is 0 Å². The van der Waals surface area contributed by atoms with Crippen LogP contribution in [0.1, 0.15) is 16.8 Å². The maximum absolute atomic E-state index is 13.4. The quantitative estimate of drug-likeness (QED) is 0.457. The van der Waals surface area contributed by atoms with E-state index in [2.05, 4.69) is 20.8 Å². The molecule has 0 aliphatic rings. The molecule has 3 rings (SSSR count). The van der Waals surface area contributed by atoms with Gasteiger partial charge in [-0.15, -0.1) is 0 Å². The fraction of sp³-hybridized carbons (Fsp3) is 0.300. The Morgan fingerprint density at radius 2 is 2.00 bits per heavy atom. The second kappa shape index (κ2) is 9.22. The highest BCUT2D eigenvalue weighted by Crippen LogP contribution is 2.33. The molecular formula is C20H21BrClN3O2S. The molecule has 0 saturated carbocycles. The number of fused-ring (bicyclic) bond motifs is 1. The Morgan fingerprint density at radius 1 is 1.21 bits per heavy atom. The van der Waals surface area contributed by atoms with Crippen molar-refractivity contribution in [2.75, 3.05) is 39.2 Å². The summed E-state index contributed by atoms with van der Waals surface area (Å²) >= 11 is 11.1. The Morgan fingerprint density at radius 3 is 2.71 bits per heavy atom. The summed E-state index contributed by atoms with van der Waals surface area (Å²) in [5.41, 5.74) is 1.30. The van der Waals surface area contributed by atoms with E-state index >= 15 is 0 Å². The highest BCUT2D eigenvalue weighted by atomic mass is 79.9. The van der Waals surface area contributed by atoms with Crippen LogP contribution in [0.5, 0.6) is 5.75 Å². The Kier molecular flexibility index (Phi) is 6.93. The molecule has 28 heavy (non-hydrogen) atoms. The zero-order valence-corrected chi connectivity index (χ0v) is 19.1. The number of hydrogen-bond donors (Lipinski definition) is 0. The number of halogens is 2. The number of anilines is 1. The van der Waals surface area contributed by atoms with Crippen molar-refractivity contribution < 1.29 is 9.53 Å². The molecule has 0 spiro atoms. The van der Waals surface area contributed by atoms with E-state index in [1.165, 1.54) is 11.3 Å². The van der Waals surface area contributed by atoms with Gasteiger partial charge in [0.1, 0.15) is 5.75 Å². The van der Waals surface area contributed by atoms with E-state index in [1.807, 2.05) is 32.3 Å². The van der Waals surface area contributed by atoms with Crippen LogP contribution in [0, 0.1) is 0 Å². The lowest BCUT2D eigenvalue weighted by atomic mass is 10.1. The molecule has 0 aliphatic heterocycles. The Hall–Kier alpha value is -1.67. The fourth-order valence-electron chi connectivity index (χ4n) is 2.82. The van der Waals surface area contributed by atoms with Gasteiger partial charge in [0, 0.05) is 16.0 Å². The summed E-state index contributed by atoms with van der Waals surface area (Å²) in [5.74, 6) is 0.326. The van der Waals surface area contributed by atoms with Gasteiger partial charge in [0.05, 0.1) is 22.9 Å². The minimum Gasteiger partial charge on any atom is -0.496 e. The smallest absolute Gasteiger partial charge is 0.263 e. The SMILES string of the molecule is COc1ccc(Cl)cc1C(=O)N(CCCN(C)C)c1nc2ccc(Br)cc2s1. The molecule has 8 heteroatoms. The Labute approximate surface area is 182 Å². The molecule has 148 valence electrons. The van der Waals surface area contributed by atoms with Crippen molar-refractivity contribution in [2.24, 2.45) is 0 Å². The summed E-state index contributed by atoms with van der Waals surface area (Å²) in [7, 11) is 5.58. The number of thiazole rings is 1. The first-order chi connectivity index (χ1) is 13.4. The van der Waals surface area contributed by atoms with Gasteiger partial charge in [-0.3, -0.25) is 9.69 Å². The lowest BCUT2D eigenvalue weighted by molar-refractivity contribution is 0.0983. The summed E-state index contributed by atoms with van der Waals surface area (Å²) in [5, 5.41) is 1.16. The Balaban J connectivity index is 2.00. The standard InChI is InChI=1S/C20H21BrClN3O2S/c1-24(2)9-4-10-25(19(26)15-12-14(22)6-8-17(15)27-3)20-23-16-7-5-13(21)11-18(16)28-20/h5-8,11-12H,4,9-10H2,1-3H3. The first kappa shape index (κ1) is 21.0. The number of aromatic nitrogens is 1. The minimum atomic E-state index is -0.170. The molecule has 5 nitrogen and oxygen atoms in total. The van der Waals surface area contributed by atoms with Crippen LogP contribution in [0.3, 0.4) is 0 Å². The largest absolute Gasteiger partial charge is 0.496 e. The molecule has 1 heterocycles. The van der Waals surface area contributed by atoms with Crippen LogP contribution in [0.2, 0.25) is 5.02 Å². The summed E-state index contributed by atoms with van der Waals surface area (Å²) < 4.78 is 7.39. The fourth-order valence-corrected chi connectivity index (χ4v) is 4.54. The Bertz CT molecular complexity index is 993. The van der Waals surface area contributed by atoms with Crippen LogP contribution in [-0.2, 0) is 0 Å². The first-order valence-corrected chi connectivity index (χ1v) is 10.7. The van der Waals surface area contributed by atoms with Gasteiger partial charge >= 0.3 is 0 Å². The maximum Gasteiger partial charge on any atom is 0.263 e. The number of amides is 1. The van der Waals surface area contributed by atoms with Crippen LogP contribution in [0.25, 0.3) is 10.2 Å². The molecule has 0 fully saturated rings. The molecule has 0 atom stereocenters. The van der Waals surface area contributed by atoms with Gasteiger partial charge in [-0.25, -0.2) is 4.98 Å². The molecule has 0 aliphatic carbocycles. The monoisotopic (exact) mass is 481 g/mol. The van der Waals surface area contributed by atoms with Crippen LogP contribution in [-0.4, -0.2) is 50.1 Å². The topological polar surface area (TPSA) is 45.7 Å². The molecule has 0 bridgehead atoms. The van der Waals surface area contributed by atoms with Crippen LogP contribution >= 0.6 is 38.9 Å². The van der Waals surface area contributed by atoms with E-state index in [9.17, 15) is 4.79 Å². The predicted octanol–water partition coefficient (Wildman–Crippen LogP) is 5.32. The average molecular weight is 483 g/mol. The summed E-state index contributed by atoms with van der Waals surface area (Å²) in [6.45, 7) is 1.42. The van der Waals surface area contributed by atoms with E-state index in [-0.39, 0.29) is 5.91 Å². The van der Waals surface area contributed by atoms with Gasteiger partial charge in [0.15, 0.2) is 5.13 Å². The predicted molar refractivity (Wildman–Crippen MR) is 120 cm³/mol. The molecule has 1 amide bonds. The third-order valence-corrected chi connectivity index (χ3v) is 5.96. The third-order valence-electron chi connectivity index (χ3n) is 4.19. The van der Waals surface area contributed by atoms with Crippen LogP contribution in [0.4, 0.5) is 5.13 Å². The number of rotatable bonds is 7. The molecule has 3 aromatic rings. The van der Waals surface area contributed by atoms with E-state index < -0.39 is 0 Å². The van der Waals surface area contributed by atoms with Gasteiger partial charge in [0.25, 0.3) is 5.91 Å². The zero-order valence-electron chi connectivity index (χ0n) is 15.9. The number of nitrogens with zero attached hydrogens (tertiary/aromatic N) is 3. The number of hydrogen-bond acceptors (Lipinski definition) is 5. The van der Waals surface area contributed by atoms with E-state index in [0.29, 0.717) is 28.0 Å². The number of carbonyl (C=O) groups excluding carboxylic acids is 1. The van der Waals surface area contributed by atoms with Crippen molar-refractivity contribution in [1.29, 1.82) is 0 Å². The van der Waals surface area contributed by atoms with Crippen molar-refractivity contribution in [1.82, 2.24) is 9.88 Å². The molecule has 0 radical (unpaired) electrons. The molecule has 0 saturated heterocycles. The van der Waals surface area contributed by atoms with Gasteiger partial charge < -0.3 is 9.64 Å². The second-order valence-corrected chi connectivity index (χ2v) is 8.93. The summed E-state index contributed by atoms with van der Waals surface area (Å²) in [4.78, 5) is 21.9. The molecular weight excluding hydrogens is 462 g/mol.